The molecule has 0 spiro atoms. The molecular weight excluding hydrogens is 379 g/mol. The summed E-state index contributed by atoms with van der Waals surface area (Å²) in [4.78, 5) is 12.0. The minimum absolute atomic E-state index is 0.0415. The van der Waals surface area contributed by atoms with Crippen LogP contribution < -0.4 is 5.73 Å². The van der Waals surface area contributed by atoms with Gasteiger partial charge in [-0.25, -0.2) is 0 Å². The average Bonchev–Trinajstić information content (AvgIpc) is 2.61. The molecule has 0 radical (unpaired) electrons. The third-order valence-corrected chi connectivity index (χ3v) is 4.38. The molecule has 0 bridgehead atoms. The maximum atomic E-state index is 13.4. The molecule has 3 rings (SSSR count). The number of nitrogens with two attached hydrogens (primary N) is 1. The Labute approximate surface area is 157 Å². The Hall–Kier alpha value is -2.99. The first-order valence-corrected chi connectivity index (χ1v) is 8.15. The van der Waals surface area contributed by atoms with Gasteiger partial charge < -0.3 is 10.8 Å². The van der Waals surface area contributed by atoms with Crippen molar-refractivity contribution < 1.29 is 23.1 Å². The van der Waals surface area contributed by atoms with Crippen LogP contribution in [0.1, 0.15) is 15.9 Å². The second-order valence-electron chi connectivity index (χ2n) is 5.84. The van der Waals surface area contributed by atoms with E-state index in [0.717, 1.165) is 12.1 Å². The smallest absolute Gasteiger partial charge is 0.416 e. The number of hydrogen-bond acceptors (Lipinski definition) is 2. The fraction of sp³-hybridized carbons (Fsp3) is 0.0500. The van der Waals surface area contributed by atoms with Gasteiger partial charge in [-0.3, -0.25) is 4.79 Å². The molecule has 0 heterocycles. The Morgan fingerprint density at radius 1 is 0.963 bits per heavy atom. The molecule has 1 amide bonds. The monoisotopic (exact) mass is 391 g/mol. The minimum atomic E-state index is -4.67. The van der Waals surface area contributed by atoms with Crippen LogP contribution in [0.4, 0.5) is 13.2 Å². The summed E-state index contributed by atoms with van der Waals surface area (Å²) in [5.41, 5.74) is 5.18. The van der Waals surface area contributed by atoms with Gasteiger partial charge >= 0.3 is 6.18 Å². The Kier molecular flexibility index (Phi) is 4.85. The standard InChI is InChI=1S/C20H13ClF3NO2/c21-17-4-2-1-3-14(17)18-15(11-5-7-13(26)8-6-11)9-12(20(22,23)24)10-16(18)19(25)27/h1-10,26H,(H2,25,27). The molecule has 7 heteroatoms. The van der Waals surface area contributed by atoms with Crippen molar-refractivity contribution in [1.29, 1.82) is 0 Å². The minimum Gasteiger partial charge on any atom is -0.508 e. The largest absolute Gasteiger partial charge is 0.508 e. The second-order valence-corrected chi connectivity index (χ2v) is 6.24. The van der Waals surface area contributed by atoms with E-state index in [-0.39, 0.29) is 27.5 Å². The van der Waals surface area contributed by atoms with Gasteiger partial charge in [0.05, 0.1) is 5.56 Å². The molecule has 0 fully saturated rings. The molecule has 0 atom stereocenters. The number of carbonyl (C=O) groups is 1. The predicted molar refractivity (Wildman–Crippen MR) is 97.5 cm³/mol. The highest BCUT2D eigenvalue weighted by atomic mass is 35.5. The topological polar surface area (TPSA) is 63.3 Å². The zero-order valence-electron chi connectivity index (χ0n) is 13.7. The third kappa shape index (κ3) is 3.75. The van der Waals surface area contributed by atoms with Crippen LogP contribution in [0.15, 0.2) is 60.7 Å². The van der Waals surface area contributed by atoms with Crippen molar-refractivity contribution in [2.75, 3.05) is 0 Å². The van der Waals surface area contributed by atoms with Crippen LogP contribution >= 0.6 is 11.6 Å². The van der Waals surface area contributed by atoms with Crippen LogP contribution in [0.25, 0.3) is 22.3 Å². The van der Waals surface area contributed by atoms with Gasteiger partial charge in [0.15, 0.2) is 0 Å². The highest BCUT2D eigenvalue weighted by molar-refractivity contribution is 6.33. The van der Waals surface area contributed by atoms with Crippen molar-refractivity contribution in [3.05, 3.63) is 76.8 Å². The van der Waals surface area contributed by atoms with Crippen molar-refractivity contribution in [2.24, 2.45) is 5.73 Å². The fourth-order valence-corrected chi connectivity index (χ4v) is 3.05. The molecule has 0 saturated heterocycles. The second kappa shape index (κ2) is 6.96. The Balaban J connectivity index is 2.44. The van der Waals surface area contributed by atoms with Gasteiger partial charge in [-0.1, -0.05) is 41.9 Å². The molecule has 3 aromatic carbocycles. The molecule has 0 aliphatic rings. The van der Waals surface area contributed by atoms with Crippen molar-refractivity contribution in [1.82, 2.24) is 0 Å². The molecule has 0 saturated carbocycles. The van der Waals surface area contributed by atoms with Crippen molar-refractivity contribution in [3.63, 3.8) is 0 Å². The molecule has 138 valence electrons. The number of primary amides is 1. The van der Waals surface area contributed by atoms with E-state index >= 15 is 0 Å². The number of rotatable bonds is 3. The van der Waals surface area contributed by atoms with Gasteiger partial charge in [0, 0.05) is 21.7 Å². The predicted octanol–water partition coefficient (Wildman–Crippen LogP) is 5.50. The number of alkyl halides is 3. The van der Waals surface area contributed by atoms with E-state index in [4.69, 9.17) is 17.3 Å². The summed E-state index contributed by atoms with van der Waals surface area (Å²) in [6.07, 6.45) is -4.67. The number of phenols is 1. The Morgan fingerprint density at radius 2 is 1.59 bits per heavy atom. The molecule has 0 aliphatic carbocycles. The highest BCUT2D eigenvalue weighted by Crippen LogP contribution is 2.42. The lowest BCUT2D eigenvalue weighted by atomic mass is 9.88. The molecule has 0 aromatic heterocycles. The summed E-state index contributed by atoms with van der Waals surface area (Å²) in [6.45, 7) is 0. The number of carbonyl (C=O) groups excluding carboxylic acids is 1. The zero-order chi connectivity index (χ0) is 19.8. The lowest BCUT2D eigenvalue weighted by Gasteiger charge is -2.18. The highest BCUT2D eigenvalue weighted by Gasteiger charge is 2.33. The molecule has 0 unspecified atom stereocenters. The van der Waals surface area contributed by atoms with Crippen LogP contribution in [-0.2, 0) is 6.18 Å². The SMILES string of the molecule is NC(=O)c1cc(C(F)(F)F)cc(-c2ccc(O)cc2)c1-c1ccccc1Cl. The van der Waals surface area contributed by atoms with Crippen molar-refractivity contribution >= 4 is 17.5 Å². The van der Waals surface area contributed by atoms with E-state index in [2.05, 4.69) is 0 Å². The van der Waals surface area contributed by atoms with Crippen LogP contribution in [0.3, 0.4) is 0 Å². The Morgan fingerprint density at radius 3 is 2.15 bits per heavy atom. The van der Waals surface area contributed by atoms with Crippen molar-refractivity contribution in [3.8, 4) is 28.0 Å². The number of benzene rings is 3. The number of hydrogen-bond donors (Lipinski definition) is 2. The first-order chi connectivity index (χ1) is 12.7. The molecule has 3 nitrogen and oxygen atoms in total. The molecular formula is C20H13ClF3NO2. The first kappa shape index (κ1) is 18.8. The summed E-state index contributed by atoms with van der Waals surface area (Å²) in [7, 11) is 0. The fourth-order valence-electron chi connectivity index (χ4n) is 2.82. The van der Waals surface area contributed by atoms with E-state index in [9.17, 15) is 23.1 Å². The number of halogens is 4. The maximum Gasteiger partial charge on any atom is 0.416 e. The van der Waals surface area contributed by atoms with Crippen LogP contribution in [0.5, 0.6) is 5.75 Å². The Bertz CT molecular complexity index is 1010. The van der Waals surface area contributed by atoms with E-state index in [1.807, 2.05) is 0 Å². The van der Waals surface area contributed by atoms with Crippen LogP contribution in [-0.4, -0.2) is 11.0 Å². The van der Waals surface area contributed by atoms with Gasteiger partial charge in [-0.15, -0.1) is 0 Å². The van der Waals surface area contributed by atoms with Crippen molar-refractivity contribution in [2.45, 2.75) is 6.18 Å². The maximum absolute atomic E-state index is 13.4. The zero-order valence-corrected chi connectivity index (χ0v) is 14.5. The summed E-state index contributed by atoms with van der Waals surface area (Å²) in [6, 6.07) is 13.8. The number of phenolic OH excluding ortho intramolecular Hbond substituents is 1. The van der Waals surface area contributed by atoms with E-state index in [0.29, 0.717) is 11.1 Å². The van der Waals surface area contributed by atoms with Crippen LogP contribution in [0, 0.1) is 0 Å². The molecule has 3 N–H and O–H groups in total. The van der Waals surface area contributed by atoms with Gasteiger partial charge in [0.25, 0.3) is 0 Å². The third-order valence-electron chi connectivity index (χ3n) is 4.05. The molecule has 0 aliphatic heterocycles. The summed E-state index contributed by atoms with van der Waals surface area (Å²) in [5, 5.41) is 9.75. The lowest BCUT2D eigenvalue weighted by molar-refractivity contribution is -0.137. The van der Waals surface area contributed by atoms with E-state index in [1.54, 1.807) is 24.3 Å². The van der Waals surface area contributed by atoms with Gasteiger partial charge in [-0.2, -0.15) is 13.2 Å². The van der Waals surface area contributed by atoms with E-state index in [1.165, 1.54) is 24.3 Å². The average molecular weight is 392 g/mol. The molecule has 3 aromatic rings. The van der Waals surface area contributed by atoms with Crippen LogP contribution in [0.2, 0.25) is 5.02 Å². The van der Waals surface area contributed by atoms with Gasteiger partial charge in [0.2, 0.25) is 5.91 Å². The van der Waals surface area contributed by atoms with Gasteiger partial charge in [-0.05, 0) is 41.5 Å². The molecule has 27 heavy (non-hydrogen) atoms. The normalized spacial score (nSPS) is 11.4. The number of amides is 1. The number of aromatic hydroxyl groups is 1. The summed E-state index contributed by atoms with van der Waals surface area (Å²) < 4.78 is 40.2. The summed E-state index contributed by atoms with van der Waals surface area (Å²) >= 11 is 6.24. The van der Waals surface area contributed by atoms with E-state index < -0.39 is 17.6 Å². The van der Waals surface area contributed by atoms with Gasteiger partial charge in [0.1, 0.15) is 5.75 Å². The lowest BCUT2D eigenvalue weighted by Crippen LogP contribution is -2.16. The quantitative estimate of drug-likeness (QED) is 0.619. The summed E-state index contributed by atoms with van der Waals surface area (Å²) in [5.74, 6) is -1.05. The first-order valence-electron chi connectivity index (χ1n) is 7.78.